The molecule has 1 saturated heterocycles. The van der Waals surface area contributed by atoms with Gasteiger partial charge < -0.3 is 9.64 Å². The molecule has 0 unspecified atom stereocenters. The number of ketones is 1. The first-order chi connectivity index (χ1) is 13.4. The van der Waals surface area contributed by atoms with Gasteiger partial charge in [0.2, 0.25) is 0 Å². The molecule has 0 N–H and O–H groups in total. The topological polar surface area (TPSA) is 80.8 Å². The average Bonchev–Trinajstić information content (AvgIpc) is 3.33. The highest BCUT2D eigenvalue weighted by Crippen LogP contribution is 2.22. The van der Waals surface area contributed by atoms with E-state index in [1.165, 1.54) is 11.3 Å². The van der Waals surface area contributed by atoms with Crippen LogP contribution in [0.2, 0.25) is 0 Å². The van der Waals surface area contributed by atoms with E-state index in [0.717, 1.165) is 4.88 Å². The molecule has 1 aromatic heterocycles. The first-order valence-corrected chi connectivity index (χ1v) is 11.9. The average molecular weight is 422 g/mol. The fourth-order valence-electron chi connectivity index (χ4n) is 3.18. The van der Waals surface area contributed by atoms with Crippen LogP contribution < -0.4 is 4.74 Å². The highest BCUT2D eigenvalue weighted by Gasteiger charge is 2.35. The van der Waals surface area contributed by atoms with Crippen LogP contribution in [0.15, 0.2) is 41.8 Å². The molecular weight excluding hydrogens is 398 g/mol. The Kier molecular flexibility index (Phi) is 6.51. The quantitative estimate of drug-likeness (QED) is 0.612. The molecule has 0 spiro atoms. The molecule has 8 heteroatoms. The Balaban J connectivity index is 1.66. The van der Waals surface area contributed by atoms with Gasteiger partial charge in [-0.1, -0.05) is 13.0 Å². The van der Waals surface area contributed by atoms with Gasteiger partial charge in [0.25, 0.3) is 5.91 Å². The summed E-state index contributed by atoms with van der Waals surface area (Å²) in [4.78, 5) is 27.1. The molecular formula is C20H23NO5S2. The van der Waals surface area contributed by atoms with Crippen molar-refractivity contribution in [1.29, 1.82) is 0 Å². The lowest BCUT2D eigenvalue weighted by Gasteiger charge is -2.28. The number of ether oxygens (including phenoxy) is 1. The zero-order valence-electron chi connectivity index (χ0n) is 15.7. The second-order valence-electron chi connectivity index (χ2n) is 6.75. The van der Waals surface area contributed by atoms with Crippen molar-refractivity contribution in [3.05, 3.63) is 52.2 Å². The van der Waals surface area contributed by atoms with Gasteiger partial charge in [-0.2, -0.15) is 0 Å². The van der Waals surface area contributed by atoms with Crippen LogP contribution in [0.3, 0.4) is 0 Å². The molecule has 150 valence electrons. The molecule has 3 rings (SSSR count). The summed E-state index contributed by atoms with van der Waals surface area (Å²) >= 11 is 1.53. The summed E-state index contributed by atoms with van der Waals surface area (Å²) in [6.45, 7) is 2.00. The number of hydrogen-bond acceptors (Lipinski definition) is 6. The maximum atomic E-state index is 12.8. The predicted octanol–water partition coefficient (Wildman–Crippen LogP) is 2.94. The van der Waals surface area contributed by atoms with Crippen molar-refractivity contribution in [1.82, 2.24) is 4.90 Å². The molecule has 2 aromatic rings. The number of sulfone groups is 1. The van der Waals surface area contributed by atoms with Crippen LogP contribution in [0.5, 0.6) is 5.75 Å². The monoisotopic (exact) mass is 421 g/mol. The van der Waals surface area contributed by atoms with E-state index in [9.17, 15) is 18.0 Å². The van der Waals surface area contributed by atoms with Crippen molar-refractivity contribution in [2.45, 2.75) is 32.4 Å². The van der Waals surface area contributed by atoms with Crippen molar-refractivity contribution in [2.75, 3.05) is 18.1 Å². The summed E-state index contributed by atoms with van der Waals surface area (Å²) in [5, 5.41) is 1.93. The molecule has 1 amide bonds. The highest BCUT2D eigenvalue weighted by molar-refractivity contribution is 7.91. The molecule has 0 aliphatic carbocycles. The Bertz CT molecular complexity index is 920. The Morgan fingerprint density at radius 2 is 1.96 bits per heavy atom. The molecule has 2 heterocycles. The fourth-order valence-corrected chi connectivity index (χ4v) is 5.62. The van der Waals surface area contributed by atoms with Gasteiger partial charge in [-0.05, 0) is 42.1 Å². The zero-order valence-corrected chi connectivity index (χ0v) is 17.3. The van der Waals surface area contributed by atoms with Gasteiger partial charge in [0.1, 0.15) is 5.75 Å². The van der Waals surface area contributed by atoms with Crippen molar-refractivity contribution >= 4 is 32.9 Å². The van der Waals surface area contributed by atoms with Gasteiger partial charge in [-0.3, -0.25) is 9.59 Å². The Morgan fingerprint density at radius 3 is 2.54 bits per heavy atom. The Labute approximate surface area is 169 Å². The third-order valence-corrected chi connectivity index (χ3v) is 7.35. The standard InChI is InChI=1S/C20H23NO5S2/c1-2-19(22)15-5-7-17(8-6-15)26-13-20(23)21(12-18-4-3-10-27-18)16-9-11-28(24,25)14-16/h3-8,10,16H,2,9,11-14H2,1H3/t16-/m0/s1. The van der Waals surface area contributed by atoms with E-state index in [-0.39, 0.29) is 35.8 Å². The van der Waals surface area contributed by atoms with Crippen LogP contribution in [-0.4, -0.2) is 49.2 Å². The second kappa shape index (κ2) is 8.87. The summed E-state index contributed by atoms with van der Waals surface area (Å²) in [5.74, 6) is 0.407. The van der Waals surface area contributed by atoms with Gasteiger partial charge in [-0.15, -0.1) is 11.3 Å². The van der Waals surface area contributed by atoms with Crippen LogP contribution in [0.1, 0.15) is 35.0 Å². The van der Waals surface area contributed by atoms with E-state index >= 15 is 0 Å². The van der Waals surface area contributed by atoms with Crippen molar-refractivity contribution < 1.29 is 22.7 Å². The van der Waals surface area contributed by atoms with Crippen LogP contribution in [0.4, 0.5) is 0 Å². The van der Waals surface area contributed by atoms with Gasteiger partial charge in [0.15, 0.2) is 22.2 Å². The Morgan fingerprint density at radius 1 is 1.21 bits per heavy atom. The minimum atomic E-state index is -3.10. The molecule has 1 fully saturated rings. The summed E-state index contributed by atoms with van der Waals surface area (Å²) in [6, 6.07) is 10.2. The number of thiophene rings is 1. The summed E-state index contributed by atoms with van der Waals surface area (Å²) < 4.78 is 29.3. The minimum absolute atomic E-state index is 0.00204. The summed E-state index contributed by atoms with van der Waals surface area (Å²) in [6.07, 6.45) is 0.883. The zero-order chi connectivity index (χ0) is 20.1. The molecule has 0 radical (unpaired) electrons. The maximum Gasteiger partial charge on any atom is 0.261 e. The number of Topliss-reactive ketones (excluding diaryl/α,β-unsaturated/α-hetero) is 1. The third-order valence-electron chi connectivity index (χ3n) is 4.74. The van der Waals surface area contributed by atoms with Crippen LogP contribution in [-0.2, 0) is 21.2 Å². The van der Waals surface area contributed by atoms with E-state index < -0.39 is 9.84 Å². The Hall–Kier alpha value is -2.19. The SMILES string of the molecule is CCC(=O)c1ccc(OCC(=O)N(Cc2cccs2)[C@H]2CCS(=O)(=O)C2)cc1. The van der Waals surface area contributed by atoms with Crippen LogP contribution in [0, 0.1) is 0 Å². The number of carbonyl (C=O) groups excluding carboxylic acids is 2. The highest BCUT2D eigenvalue weighted by atomic mass is 32.2. The maximum absolute atomic E-state index is 12.8. The number of nitrogens with zero attached hydrogens (tertiary/aromatic N) is 1. The van der Waals surface area contributed by atoms with Crippen LogP contribution >= 0.6 is 11.3 Å². The molecule has 0 bridgehead atoms. The van der Waals surface area contributed by atoms with E-state index in [2.05, 4.69) is 0 Å². The first kappa shape index (κ1) is 20.5. The van der Waals surface area contributed by atoms with E-state index in [4.69, 9.17) is 4.74 Å². The third kappa shape index (κ3) is 5.20. The number of carbonyl (C=O) groups is 2. The van der Waals surface area contributed by atoms with Gasteiger partial charge in [-0.25, -0.2) is 8.42 Å². The van der Waals surface area contributed by atoms with E-state index in [0.29, 0.717) is 30.7 Å². The molecule has 6 nitrogen and oxygen atoms in total. The molecule has 28 heavy (non-hydrogen) atoms. The van der Waals surface area contributed by atoms with E-state index in [1.807, 2.05) is 17.5 Å². The predicted molar refractivity (Wildman–Crippen MR) is 108 cm³/mol. The number of benzene rings is 1. The van der Waals surface area contributed by atoms with Crippen molar-refractivity contribution in [3.63, 3.8) is 0 Å². The molecule has 1 aliphatic rings. The molecule has 1 atom stereocenters. The lowest BCUT2D eigenvalue weighted by molar-refractivity contribution is -0.135. The van der Waals surface area contributed by atoms with Crippen molar-refractivity contribution in [2.24, 2.45) is 0 Å². The number of rotatable bonds is 8. The molecule has 1 aromatic carbocycles. The van der Waals surface area contributed by atoms with Gasteiger partial charge in [0, 0.05) is 22.9 Å². The summed E-state index contributed by atoms with van der Waals surface area (Å²) in [5.41, 5.74) is 0.608. The van der Waals surface area contributed by atoms with Gasteiger partial charge >= 0.3 is 0 Å². The smallest absolute Gasteiger partial charge is 0.261 e. The first-order valence-electron chi connectivity index (χ1n) is 9.16. The van der Waals surface area contributed by atoms with Crippen molar-refractivity contribution in [3.8, 4) is 5.75 Å². The second-order valence-corrected chi connectivity index (χ2v) is 10.0. The van der Waals surface area contributed by atoms with E-state index in [1.54, 1.807) is 36.1 Å². The normalized spacial score (nSPS) is 18.0. The van der Waals surface area contributed by atoms with Gasteiger partial charge in [0.05, 0.1) is 18.1 Å². The molecule has 0 saturated carbocycles. The van der Waals surface area contributed by atoms with Crippen LogP contribution in [0.25, 0.3) is 0 Å². The number of amides is 1. The lowest BCUT2D eigenvalue weighted by atomic mass is 10.1. The fraction of sp³-hybridized carbons (Fsp3) is 0.400. The number of hydrogen-bond donors (Lipinski definition) is 0. The summed E-state index contributed by atoms with van der Waals surface area (Å²) in [7, 11) is -3.10. The minimum Gasteiger partial charge on any atom is -0.484 e. The molecule has 1 aliphatic heterocycles. The lowest BCUT2D eigenvalue weighted by Crippen LogP contribution is -2.42. The largest absolute Gasteiger partial charge is 0.484 e.